The minimum Gasteiger partial charge on any atom is -0.493 e. The first-order valence-electron chi connectivity index (χ1n) is 13.2. The smallest absolute Gasteiger partial charge is 0.490 e. The van der Waals surface area contributed by atoms with Gasteiger partial charge in [-0.15, -0.1) is 0 Å². The van der Waals surface area contributed by atoms with Crippen LogP contribution < -0.4 is 14.8 Å². The SMILES string of the molecule is COc1cc2c3c(c(NC4CCCC4)nc2cc1OCCCN1CCCC1)CCC3.O=C(O)C(F)(F)F. The molecule has 2 heterocycles. The molecular formula is C27H36F3N3O4. The van der Waals surface area contributed by atoms with E-state index in [0.717, 1.165) is 55.2 Å². The van der Waals surface area contributed by atoms with Gasteiger partial charge in [0.25, 0.3) is 0 Å². The van der Waals surface area contributed by atoms with Crippen LogP contribution in [0, 0.1) is 0 Å². The lowest BCUT2D eigenvalue weighted by Gasteiger charge is -2.19. The normalized spacial score (nSPS) is 17.9. The Balaban J connectivity index is 0.000000405. The van der Waals surface area contributed by atoms with Crippen molar-refractivity contribution in [2.45, 2.75) is 76.4 Å². The Morgan fingerprint density at radius 3 is 2.41 bits per heavy atom. The molecule has 37 heavy (non-hydrogen) atoms. The first-order chi connectivity index (χ1) is 17.8. The Hall–Kier alpha value is -2.75. The maximum absolute atomic E-state index is 10.6. The van der Waals surface area contributed by atoms with Crippen molar-refractivity contribution in [1.82, 2.24) is 9.88 Å². The fraction of sp³-hybridized carbons (Fsp3) is 0.630. The number of hydrogen-bond donors (Lipinski definition) is 2. The number of ether oxygens (including phenoxy) is 2. The Kier molecular flexibility index (Phi) is 9.00. The molecule has 1 aromatic heterocycles. The van der Waals surface area contributed by atoms with Crippen LogP contribution in [0.25, 0.3) is 10.9 Å². The van der Waals surface area contributed by atoms with Crippen molar-refractivity contribution in [3.63, 3.8) is 0 Å². The lowest BCUT2D eigenvalue weighted by atomic mass is 10.0. The van der Waals surface area contributed by atoms with Gasteiger partial charge >= 0.3 is 12.1 Å². The zero-order valence-corrected chi connectivity index (χ0v) is 21.3. The number of carboxylic acids is 1. The number of methoxy groups -OCH3 is 1. The lowest BCUT2D eigenvalue weighted by molar-refractivity contribution is -0.192. The van der Waals surface area contributed by atoms with Gasteiger partial charge in [0.05, 0.1) is 19.2 Å². The quantitative estimate of drug-likeness (QED) is 0.437. The number of benzene rings is 1. The first-order valence-corrected chi connectivity index (χ1v) is 13.2. The second-order valence-electron chi connectivity index (χ2n) is 9.97. The van der Waals surface area contributed by atoms with Gasteiger partial charge in [0.1, 0.15) is 5.82 Å². The number of carboxylic acid groups (broad SMARTS) is 1. The predicted molar refractivity (Wildman–Crippen MR) is 136 cm³/mol. The number of aliphatic carboxylic acids is 1. The van der Waals surface area contributed by atoms with E-state index in [0.29, 0.717) is 6.04 Å². The zero-order chi connectivity index (χ0) is 26.4. The standard InChI is InChI=1S/C25H35N3O2.C2HF3O2/c1-29-23-16-21-19-10-6-11-20(19)25(26-18-8-2-3-9-18)27-22(21)17-24(23)30-15-7-14-28-12-4-5-13-28;3-2(4,5)1(6)7/h16-18H,2-15H2,1H3,(H,26,27);(H,6,7). The van der Waals surface area contributed by atoms with Crippen LogP contribution in [-0.2, 0) is 17.6 Å². The molecule has 0 atom stereocenters. The van der Waals surface area contributed by atoms with Crippen molar-refractivity contribution in [3.05, 3.63) is 23.3 Å². The number of hydrogen-bond acceptors (Lipinski definition) is 6. The van der Waals surface area contributed by atoms with E-state index < -0.39 is 12.1 Å². The van der Waals surface area contributed by atoms with Gasteiger partial charge < -0.3 is 24.8 Å². The molecule has 0 unspecified atom stereocenters. The van der Waals surface area contributed by atoms with Crippen LogP contribution in [0.15, 0.2) is 12.1 Å². The average Bonchev–Trinajstić information content (AvgIpc) is 3.64. The van der Waals surface area contributed by atoms with E-state index >= 15 is 0 Å². The van der Waals surface area contributed by atoms with Crippen molar-refractivity contribution in [2.75, 3.05) is 38.7 Å². The molecule has 0 bridgehead atoms. The van der Waals surface area contributed by atoms with Crippen molar-refractivity contribution in [2.24, 2.45) is 0 Å². The summed E-state index contributed by atoms with van der Waals surface area (Å²) in [5.41, 5.74) is 3.92. The highest BCUT2D eigenvalue weighted by Gasteiger charge is 2.38. The summed E-state index contributed by atoms with van der Waals surface area (Å²) in [6.45, 7) is 4.32. The summed E-state index contributed by atoms with van der Waals surface area (Å²) < 4.78 is 43.6. The van der Waals surface area contributed by atoms with Gasteiger partial charge in [-0.1, -0.05) is 12.8 Å². The number of aryl methyl sites for hydroxylation is 1. The number of pyridine rings is 1. The highest BCUT2D eigenvalue weighted by Crippen LogP contribution is 2.40. The van der Waals surface area contributed by atoms with E-state index in [1.807, 2.05) is 0 Å². The molecule has 10 heteroatoms. The third-order valence-electron chi connectivity index (χ3n) is 7.36. The molecular weight excluding hydrogens is 487 g/mol. The van der Waals surface area contributed by atoms with Crippen molar-refractivity contribution >= 4 is 22.7 Å². The maximum Gasteiger partial charge on any atom is 0.490 e. The van der Waals surface area contributed by atoms with Crippen LogP contribution in [-0.4, -0.2) is 66.5 Å². The van der Waals surface area contributed by atoms with Gasteiger partial charge in [-0.05, 0) is 81.6 Å². The Labute approximate surface area is 215 Å². The van der Waals surface area contributed by atoms with Crippen LogP contribution in [0.4, 0.5) is 19.0 Å². The van der Waals surface area contributed by atoms with Gasteiger partial charge in [0, 0.05) is 24.0 Å². The third kappa shape index (κ3) is 6.97. The topological polar surface area (TPSA) is 83.9 Å². The number of carbonyl (C=O) groups is 1. The van der Waals surface area contributed by atoms with Crippen LogP contribution in [0.5, 0.6) is 11.5 Å². The summed E-state index contributed by atoms with van der Waals surface area (Å²) in [5.74, 6) is 0.0133. The van der Waals surface area contributed by atoms with Gasteiger partial charge in [-0.2, -0.15) is 13.2 Å². The number of rotatable bonds is 8. The molecule has 0 amide bonds. The van der Waals surface area contributed by atoms with Gasteiger partial charge in [-0.25, -0.2) is 9.78 Å². The molecule has 1 saturated heterocycles. The fourth-order valence-corrected chi connectivity index (χ4v) is 5.51. The van der Waals surface area contributed by atoms with Gasteiger partial charge in [0.2, 0.25) is 0 Å². The molecule has 2 N–H and O–H groups in total. The third-order valence-corrected chi connectivity index (χ3v) is 7.36. The van der Waals surface area contributed by atoms with Crippen LogP contribution in [0.2, 0.25) is 0 Å². The molecule has 0 radical (unpaired) electrons. The minimum absolute atomic E-state index is 0.583. The Morgan fingerprint density at radius 2 is 1.76 bits per heavy atom. The van der Waals surface area contributed by atoms with Crippen LogP contribution in [0.1, 0.15) is 62.5 Å². The number of halogens is 3. The second kappa shape index (κ2) is 12.2. The van der Waals surface area contributed by atoms with Crippen LogP contribution >= 0.6 is 0 Å². The van der Waals surface area contributed by atoms with Gasteiger partial charge in [-0.3, -0.25) is 0 Å². The minimum atomic E-state index is -5.08. The summed E-state index contributed by atoms with van der Waals surface area (Å²) >= 11 is 0. The molecule has 5 rings (SSSR count). The van der Waals surface area contributed by atoms with Gasteiger partial charge in [0.15, 0.2) is 11.5 Å². The number of nitrogens with one attached hydrogen (secondary N) is 1. The number of anilines is 1. The maximum atomic E-state index is 10.6. The molecule has 204 valence electrons. The number of fused-ring (bicyclic) bond motifs is 3. The van der Waals surface area contributed by atoms with Crippen molar-refractivity contribution < 1.29 is 32.5 Å². The van der Waals surface area contributed by atoms with Crippen molar-refractivity contribution in [1.29, 1.82) is 0 Å². The highest BCUT2D eigenvalue weighted by atomic mass is 19.4. The fourth-order valence-electron chi connectivity index (χ4n) is 5.51. The van der Waals surface area contributed by atoms with E-state index in [9.17, 15) is 13.2 Å². The summed E-state index contributed by atoms with van der Waals surface area (Å²) in [4.78, 5) is 16.5. The summed E-state index contributed by atoms with van der Waals surface area (Å²) in [5, 5.41) is 12.1. The summed E-state index contributed by atoms with van der Waals surface area (Å²) in [6, 6.07) is 4.84. The molecule has 2 aliphatic carbocycles. The van der Waals surface area contributed by atoms with E-state index in [1.54, 1.807) is 7.11 Å². The molecule has 1 saturated carbocycles. The van der Waals surface area contributed by atoms with E-state index in [-0.39, 0.29) is 0 Å². The first kappa shape index (κ1) is 27.3. The highest BCUT2D eigenvalue weighted by molar-refractivity contribution is 5.89. The Morgan fingerprint density at radius 1 is 1.08 bits per heavy atom. The van der Waals surface area contributed by atoms with E-state index in [4.69, 9.17) is 24.4 Å². The number of aromatic nitrogens is 1. The molecule has 2 fully saturated rings. The van der Waals surface area contributed by atoms with E-state index in [1.165, 1.54) is 74.5 Å². The molecule has 2 aromatic rings. The molecule has 7 nitrogen and oxygen atoms in total. The van der Waals surface area contributed by atoms with Crippen LogP contribution in [0.3, 0.4) is 0 Å². The molecule has 0 spiro atoms. The number of alkyl halides is 3. The van der Waals surface area contributed by atoms with E-state index in [2.05, 4.69) is 22.3 Å². The largest absolute Gasteiger partial charge is 0.493 e. The molecule has 3 aliphatic rings. The lowest BCUT2D eigenvalue weighted by Crippen LogP contribution is -2.21. The number of likely N-dealkylation sites (tertiary alicyclic amines) is 1. The predicted octanol–water partition coefficient (Wildman–Crippen LogP) is 5.58. The average molecular weight is 524 g/mol. The van der Waals surface area contributed by atoms with Crippen molar-refractivity contribution in [3.8, 4) is 11.5 Å². The molecule has 1 aromatic carbocycles. The monoisotopic (exact) mass is 523 g/mol. The second-order valence-corrected chi connectivity index (χ2v) is 9.97. The number of nitrogens with zero attached hydrogens (tertiary/aromatic N) is 2. The zero-order valence-electron chi connectivity index (χ0n) is 21.3. The molecule has 1 aliphatic heterocycles. The summed E-state index contributed by atoms with van der Waals surface area (Å²) in [6.07, 6.45) is 7.32. The summed E-state index contributed by atoms with van der Waals surface area (Å²) in [7, 11) is 1.74. The Bertz CT molecular complexity index is 1080.